The highest BCUT2D eigenvalue weighted by atomic mass is 16.5. The van der Waals surface area contributed by atoms with E-state index in [9.17, 15) is 0 Å². The normalized spacial score (nSPS) is 21.3. The molecule has 1 aromatic rings. The summed E-state index contributed by atoms with van der Waals surface area (Å²) < 4.78 is 17.0. The van der Waals surface area contributed by atoms with Gasteiger partial charge in [-0.05, 0) is 37.3 Å². The van der Waals surface area contributed by atoms with Gasteiger partial charge >= 0.3 is 0 Å². The molecule has 1 atom stereocenters. The monoisotopic (exact) mass is 389 g/mol. The van der Waals surface area contributed by atoms with Crippen molar-refractivity contribution in [1.82, 2.24) is 10.2 Å². The molecule has 0 saturated carbocycles. The van der Waals surface area contributed by atoms with Crippen LogP contribution in [0.3, 0.4) is 0 Å². The van der Waals surface area contributed by atoms with Gasteiger partial charge in [-0.1, -0.05) is 24.3 Å². The zero-order valence-electron chi connectivity index (χ0n) is 17.4. The van der Waals surface area contributed by atoms with Gasteiger partial charge in [-0.15, -0.1) is 0 Å². The molecule has 0 aliphatic carbocycles. The van der Waals surface area contributed by atoms with Crippen molar-refractivity contribution in [3.05, 3.63) is 35.4 Å². The number of hydrogen-bond acceptors (Lipinski definition) is 4. The Hall–Kier alpha value is -1.63. The largest absolute Gasteiger partial charge is 0.381 e. The third-order valence-electron chi connectivity index (χ3n) is 5.45. The van der Waals surface area contributed by atoms with Gasteiger partial charge in [0.15, 0.2) is 5.96 Å². The number of benzene rings is 1. The summed E-state index contributed by atoms with van der Waals surface area (Å²) in [4.78, 5) is 6.81. The maximum Gasteiger partial charge on any atom is 0.193 e. The minimum absolute atomic E-state index is 0.328. The van der Waals surface area contributed by atoms with E-state index < -0.39 is 0 Å². The Morgan fingerprint density at radius 1 is 1.25 bits per heavy atom. The Morgan fingerprint density at radius 2 is 2.07 bits per heavy atom. The first kappa shape index (κ1) is 21.1. The van der Waals surface area contributed by atoms with Crippen molar-refractivity contribution < 1.29 is 14.2 Å². The van der Waals surface area contributed by atoms with Crippen LogP contribution in [0.4, 0.5) is 0 Å². The highest BCUT2D eigenvalue weighted by Gasteiger charge is 2.24. The zero-order valence-corrected chi connectivity index (χ0v) is 17.4. The van der Waals surface area contributed by atoms with Gasteiger partial charge in [0.05, 0.1) is 19.3 Å². The molecule has 0 bridgehead atoms. The first-order chi connectivity index (χ1) is 13.8. The van der Waals surface area contributed by atoms with Crippen LogP contribution >= 0.6 is 0 Å². The van der Waals surface area contributed by atoms with Crippen LogP contribution in [0.2, 0.25) is 0 Å². The number of nitrogens with one attached hydrogen (secondary N) is 1. The van der Waals surface area contributed by atoms with Crippen molar-refractivity contribution in [3.8, 4) is 0 Å². The Balaban J connectivity index is 1.45. The molecule has 6 nitrogen and oxygen atoms in total. The predicted molar refractivity (Wildman–Crippen MR) is 111 cm³/mol. The van der Waals surface area contributed by atoms with E-state index in [2.05, 4.69) is 46.4 Å². The van der Waals surface area contributed by atoms with E-state index in [1.54, 1.807) is 0 Å². The van der Waals surface area contributed by atoms with Crippen molar-refractivity contribution in [3.63, 3.8) is 0 Å². The van der Waals surface area contributed by atoms with Crippen molar-refractivity contribution in [1.29, 1.82) is 0 Å². The number of likely N-dealkylation sites (tertiary alicyclic amines) is 1. The second-order valence-corrected chi connectivity index (χ2v) is 7.60. The van der Waals surface area contributed by atoms with Crippen molar-refractivity contribution >= 4 is 5.96 Å². The fourth-order valence-electron chi connectivity index (χ4n) is 3.85. The quantitative estimate of drug-likeness (QED) is 0.547. The molecule has 0 aromatic heterocycles. The van der Waals surface area contributed by atoms with E-state index in [1.807, 2.05) is 7.05 Å². The number of ether oxygens (including phenoxy) is 3. The summed E-state index contributed by atoms with van der Waals surface area (Å²) in [5.41, 5.74) is 2.47. The van der Waals surface area contributed by atoms with E-state index in [1.165, 1.54) is 17.5 Å². The molecule has 1 aromatic carbocycles. The lowest BCUT2D eigenvalue weighted by atomic mass is 10.1. The van der Waals surface area contributed by atoms with Gasteiger partial charge in [-0.2, -0.15) is 0 Å². The fraction of sp³-hybridized carbons (Fsp3) is 0.682. The SMILES string of the molecule is CCOCC1CCN(C(=NC)NCc2cccc(COC3CCOCC3)c2)C1. The molecule has 2 aliphatic heterocycles. The predicted octanol–water partition coefficient (Wildman–Crippen LogP) is 2.82. The average Bonchev–Trinajstić information content (AvgIpc) is 3.21. The van der Waals surface area contributed by atoms with Gasteiger partial charge in [0.1, 0.15) is 0 Å². The summed E-state index contributed by atoms with van der Waals surface area (Å²) in [6.45, 7) is 8.80. The topological polar surface area (TPSA) is 55.3 Å². The van der Waals surface area contributed by atoms with Crippen LogP contribution in [0.1, 0.15) is 37.3 Å². The van der Waals surface area contributed by atoms with E-state index in [-0.39, 0.29) is 0 Å². The molecule has 156 valence electrons. The van der Waals surface area contributed by atoms with E-state index >= 15 is 0 Å². The Bertz CT molecular complexity index is 617. The number of rotatable bonds is 8. The van der Waals surface area contributed by atoms with Crippen molar-refractivity contribution in [2.24, 2.45) is 10.9 Å². The van der Waals surface area contributed by atoms with E-state index in [4.69, 9.17) is 14.2 Å². The minimum atomic E-state index is 0.328. The lowest BCUT2D eigenvalue weighted by Crippen LogP contribution is -2.39. The number of hydrogen-bond donors (Lipinski definition) is 1. The molecule has 6 heteroatoms. The van der Waals surface area contributed by atoms with Crippen LogP contribution in [-0.2, 0) is 27.4 Å². The van der Waals surface area contributed by atoms with E-state index in [0.717, 1.165) is 64.9 Å². The average molecular weight is 390 g/mol. The molecule has 0 amide bonds. The second kappa shape index (κ2) is 11.4. The summed E-state index contributed by atoms with van der Waals surface area (Å²) in [6.07, 6.45) is 3.49. The summed E-state index contributed by atoms with van der Waals surface area (Å²) >= 11 is 0. The standard InChI is InChI=1S/C22H35N3O3/c1-3-26-16-20-7-10-25(15-20)22(23-2)24-14-18-5-4-6-19(13-18)17-28-21-8-11-27-12-9-21/h4-6,13,20-21H,3,7-12,14-17H2,1-2H3,(H,23,24). The van der Waals surface area contributed by atoms with Gasteiger partial charge < -0.3 is 24.4 Å². The molecular formula is C22H35N3O3. The van der Waals surface area contributed by atoms with Crippen LogP contribution in [0, 0.1) is 5.92 Å². The Kier molecular flexibility index (Phi) is 8.58. The lowest BCUT2D eigenvalue weighted by molar-refractivity contribution is -0.0390. The molecule has 0 radical (unpaired) electrons. The van der Waals surface area contributed by atoms with E-state index in [0.29, 0.717) is 18.6 Å². The number of guanidine groups is 1. The molecule has 2 heterocycles. The summed E-state index contributed by atoms with van der Waals surface area (Å²) in [7, 11) is 1.86. The van der Waals surface area contributed by atoms with Gasteiger partial charge in [0, 0.05) is 52.4 Å². The van der Waals surface area contributed by atoms with Crippen LogP contribution in [-0.4, -0.2) is 63.5 Å². The molecule has 2 saturated heterocycles. The van der Waals surface area contributed by atoms with Gasteiger partial charge in [0.2, 0.25) is 0 Å². The third-order valence-corrected chi connectivity index (χ3v) is 5.45. The summed E-state index contributed by atoms with van der Waals surface area (Å²) in [5, 5.41) is 3.51. The number of nitrogens with zero attached hydrogens (tertiary/aromatic N) is 2. The lowest BCUT2D eigenvalue weighted by Gasteiger charge is -2.23. The minimum Gasteiger partial charge on any atom is -0.381 e. The Morgan fingerprint density at radius 3 is 2.86 bits per heavy atom. The summed E-state index contributed by atoms with van der Waals surface area (Å²) in [6, 6.07) is 8.62. The fourth-order valence-corrected chi connectivity index (χ4v) is 3.85. The van der Waals surface area contributed by atoms with Crippen LogP contribution < -0.4 is 5.32 Å². The maximum atomic E-state index is 6.05. The van der Waals surface area contributed by atoms with Crippen LogP contribution in [0.15, 0.2) is 29.3 Å². The van der Waals surface area contributed by atoms with Crippen molar-refractivity contribution in [2.75, 3.05) is 46.6 Å². The molecule has 1 unspecified atom stereocenters. The van der Waals surface area contributed by atoms with Gasteiger partial charge in [0.25, 0.3) is 0 Å². The molecule has 3 rings (SSSR count). The molecule has 1 N–H and O–H groups in total. The molecule has 2 aliphatic rings. The summed E-state index contributed by atoms with van der Waals surface area (Å²) in [5.74, 6) is 1.58. The highest BCUT2D eigenvalue weighted by Crippen LogP contribution is 2.17. The van der Waals surface area contributed by atoms with Crippen LogP contribution in [0.5, 0.6) is 0 Å². The molecule has 2 fully saturated rings. The van der Waals surface area contributed by atoms with Crippen LogP contribution in [0.25, 0.3) is 0 Å². The first-order valence-electron chi connectivity index (χ1n) is 10.6. The smallest absolute Gasteiger partial charge is 0.193 e. The number of aliphatic imine (C=N–C) groups is 1. The highest BCUT2D eigenvalue weighted by molar-refractivity contribution is 5.80. The zero-order chi connectivity index (χ0) is 19.6. The third kappa shape index (κ3) is 6.47. The molecule has 0 spiro atoms. The molecular weight excluding hydrogens is 354 g/mol. The second-order valence-electron chi connectivity index (χ2n) is 7.60. The van der Waals surface area contributed by atoms with Gasteiger partial charge in [-0.3, -0.25) is 4.99 Å². The Labute approximate surface area is 169 Å². The molecule has 28 heavy (non-hydrogen) atoms. The van der Waals surface area contributed by atoms with Crippen molar-refractivity contribution in [2.45, 2.75) is 45.4 Å². The van der Waals surface area contributed by atoms with Gasteiger partial charge in [-0.25, -0.2) is 0 Å². The first-order valence-corrected chi connectivity index (χ1v) is 10.6. The maximum absolute atomic E-state index is 6.05.